The molecule has 0 saturated carbocycles. The minimum Gasteiger partial charge on any atom is -0.493 e. The molecule has 2 aromatic rings. The van der Waals surface area contributed by atoms with Crippen LogP contribution in [0, 0.1) is 6.92 Å². The molecule has 1 aliphatic rings. The number of hydrogen-bond acceptors (Lipinski definition) is 3. The molecule has 2 N–H and O–H groups in total. The van der Waals surface area contributed by atoms with Crippen LogP contribution in [0.25, 0.3) is 6.08 Å². The average Bonchev–Trinajstić information content (AvgIpc) is 3.06. The Kier molecular flexibility index (Phi) is 4.96. The van der Waals surface area contributed by atoms with E-state index in [1.807, 2.05) is 49.4 Å². The van der Waals surface area contributed by atoms with Gasteiger partial charge in [0.15, 0.2) is 0 Å². The molecule has 3 rings (SSSR count). The van der Waals surface area contributed by atoms with Crippen molar-refractivity contribution < 1.29 is 14.6 Å². The summed E-state index contributed by atoms with van der Waals surface area (Å²) in [5.74, 6) is 0.706. The van der Waals surface area contributed by atoms with Gasteiger partial charge >= 0.3 is 0 Å². The van der Waals surface area contributed by atoms with E-state index in [2.05, 4.69) is 5.32 Å². The molecule has 0 aliphatic carbocycles. The fourth-order valence-electron chi connectivity index (χ4n) is 2.81. The number of fused-ring (bicyclic) bond motifs is 1. The van der Waals surface area contributed by atoms with Gasteiger partial charge in [-0.05, 0) is 47.4 Å². The lowest BCUT2D eigenvalue weighted by atomic mass is 10.0. The van der Waals surface area contributed by atoms with Crippen molar-refractivity contribution in [1.82, 2.24) is 5.32 Å². The first kappa shape index (κ1) is 16.3. The van der Waals surface area contributed by atoms with Gasteiger partial charge < -0.3 is 15.2 Å². The monoisotopic (exact) mass is 323 g/mol. The number of carbonyl (C=O) groups excluding carboxylic acids is 1. The first-order valence-corrected chi connectivity index (χ1v) is 8.09. The maximum absolute atomic E-state index is 11.9. The van der Waals surface area contributed by atoms with E-state index < -0.39 is 6.10 Å². The molecule has 1 atom stereocenters. The lowest BCUT2D eigenvalue weighted by Crippen LogP contribution is -2.26. The predicted molar refractivity (Wildman–Crippen MR) is 93.8 cm³/mol. The SMILES string of the molecule is Cc1ccccc1C(O)CNC(=O)/C=C/c1ccc2c(c1)CCO2. The highest BCUT2D eigenvalue weighted by Gasteiger charge is 2.12. The third kappa shape index (κ3) is 3.84. The third-order valence-electron chi connectivity index (χ3n) is 4.16. The highest BCUT2D eigenvalue weighted by molar-refractivity contribution is 5.91. The lowest BCUT2D eigenvalue weighted by molar-refractivity contribution is -0.116. The smallest absolute Gasteiger partial charge is 0.244 e. The molecule has 0 radical (unpaired) electrons. The van der Waals surface area contributed by atoms with Gasteiger partial charge in [0.05, 0.1) is 12.7 Å². The summed E-state index contributed by atoms with van der Waals surface area (Å²) in [5, 5.41) is 12.9. The Morgan fingerprint density at radius 2 is 2.17 bits per heavy atom. The van der Waals surface area contributed by atoms with Crippen LogP contribution in [-0.4, -0.2) is 24.2 Å². The molecule has 1 heterocycles. The van der Waals surface area contributed by atoms with Crippen LogP contribution in [0.2, 0.25) is 0 Å². The van der Waals surface area contributed by atoms with Crippen molar-refractivity contribution in [2.45, 2.75) is 19.4 Å². The summed E-state index contributed by atoms with van der Waals surface area (Å²) in [5.41, 5.74) is 3.98. The Hall–Kier alpha value is -2.59. The number of aliphatic hydroxyl groups excluding tert-OH is 1. The molecule has 1 amide bonds. The summed E-state index contributed by atoms with van der Waals surface area (Å²) in [6.07, 6.45) is 3.46. The summed E-state index contributed by atoms with van der Waals surface area (Å²) in [4.78, 5) is 11.9. The Balaban J connectivity index is 1.55. The zero-order valence-electron chi connectivity index (χ0n) is 13.7. The van der Waals surface area contributed by atoms with Crippen LogP contribution >= 0.6 is 0 Å². The number of ether oxygens (including phenoxy) is 1. The molecular formula is C20H21NO3. The van der Waals surface area contributed by atoms with Gasteiger partial charge in [-0.3, -0.25) is 4.79 Å². The highest BCUT2D eigenvalue weighted by Crippen LogP contribution is 2.26. The first-order valence-electron chi connectivity index (χ1n) is 8.09. The Bertz CT molecular complexity index is 767. The Morgan fingerprint density at radius 1 is 1.33 bits per heavy atom. The van der Waals surface area contributed by atoms with Gasteiger partial charge in [0.2, 0.25) is 5.91 Å². The topological polar surface area (TPSA) is 58.6 Å². The van der Waals surface area contributed by atoms with Gasteiger partial charge in [-0.15, -0.1) is 0 Å². The predicted octanol–water partition coefficient (Wildman–Crippen LogP) is 2.79. The highest BCUT2D eigenvalue weighted by atomic mass is 16.5. The summed E-state index contributed by atoms with van der Waals surface area (Å²) >= 11 is 0. The van der Waals surface area contributed by atoms with Crippen molar-refractivity contribution >= 4 is 12.0 Å². The standard InChI is InChI=1S/C20H21NO3/c1-14-4-2-3-5-17(14)18(22)13-21-20(23)9-7-15-6-8-19-16(12-15)10-11-24-19/h2-9,12,18,22H,10-11,13H2,1H3,(H,21,23)/b9-7+. The van der Waals surface area contributed by atoms with Crippen molar-refractivity contribution in [2.24, 2.45) is 0 Å². The van der Waals surface area contributed by atoms with Gasteiger partial charge in [0.25, 0.3) is 0 Å². The minimum absolute atomic E-state index is 0.187. The lowest BCUT2D eigenvalue weighted by Gasteiger charge is -2.13. The van der Waals surface area contributed by atoms with Gasteiger partial charge in [-0.25, -0.2) is 0 Å². The Labute approximate surface area is 141 Å². The van der Waals surface area contributed by atoms with Crippen molar-refractivity contribution in [3.05, 3.63) is 70.8 Å². The number of amides is 1. The first-order chi connectivity index (χ1) is 11.6. The van der Waals surface area contributed by atoms with Crippen LogP contribution in [0.4, 0.5) is 0 Å². The zero-order chi connectivity index (χ0) is 16.9. The van der Waals surface area contributed by atoms with Crippen LogP contribution in [0.1, 0.15) is 28.4 Å². The molecule has 2 aromatic carbocycles. The molecule has 1 unspecified atom stereocenters. The molecule has 0 spiro atoms. The van der Waals surface area contributed by atoms with E-state index in [1.165, 1.54) is 11.6 Å². The van der Waals surface area contributed by atoms with Crippen LogP contribution < -0.4 is 10.1 Å². The van der Waals surface area contributed by atoms with Crippen LogP contribution in [-0.2, 0) is 11.2 Å². The fraction of sp³-hybridized carbons (Fsp3) is 0.250. The minimum atomic E-state index is -0.708. The van der Waals surface area contributed by atoms with Crippen LogP contribution in [0.5, 0.6) is 5.75 Å². The van der Waals surface area contributed by atoms with Gasteiger partial charge in [-0.1, -0.05) is 30.3 Å². The molecular weight excluding hydrogens is 302 g/mol. The van der Waals surface area contributed by atoms with E-state index in [-0.39, 0.29) is 12.5 Å². The van der Waals surface area contributed by atoms with E-state index in [1.54, 1.807) is 6.08 Å². The van der Waals surface area contributed by atoms with Gasteiger partial charge in [-0.2, -0.15) is 0 Å². The molecule has 0 saturated heterocycles. The van der Waals surface area contributed by atoms with Crippen molar-refractivity contribution in [2.75, 3.05) is 13.2 Å². The van der Waals surface area contributed by atoms with Crippen molar-refractivity contribution in [1.29, 1.82) is 0 Å². The van der Waals surface area contributed by atoms with Crippen LogP contribution in [0.3, 0.4) is 0 Å². The van der Waals surface area contributed by atoms with Crippen molar-refractivity contribution in [3.63, 3.8) is 0 Å². The van der Waals surface area contributed by atoms with E-state index >= 15 is 0 Å². The largest absolute Gasteiger partial charge is 0.493 e. The second-order valence-corrected chi connectivity index (χ2v) is 5.92. The molecule has 4 nitrogen and oxygen atoms in total. The number of benzene rings is 2. The number of rotatable bonds is 5. The molecule has 24 heavy (non-hydrogen) atoms. The normalized spacial score (nSPS) is 14.2. The maximum atomic E-state index is 11.9. The second-order valence-electron chi connectivity index (χ2n) is 5.92. The van der Waals surface area contributed by atoms with E-state index in [0.29, 0.717) is 0 Å². The molecule has 0 fully saturated rings. The number of carbonyl (C=O) groups is 1. The quantitative estimate of drug-likeness (QED) is 0.832. The molecule has 4 heteroatoms. The summed E-state index contributed by atoms with van der Waals surface area (Å²) < 4.78 is 5.46. The van der Waals surface area contributed by atoms with E-state index in [0.717, 1.165) is 35.5 Å². The van der Waals surface area contributed by atoms with Gasteiger partial charge in [0.1, 0.15) is 5.75 Å². The number of hydrogen-bond donors (Lipinski definition) is 2. The molecule has 124 valence electrons. The number of aliphatic hydroxyl groups is 1. The summed E-state index contributed by atoms with van der Waals surface area (Å²) in [7, 11) is 0. The maximum Gasteiger partial charge on any atom is 0.244 e. The van der Waals surface area contributed by atoms with Gasteiger partial charge in [0, 0.05) is 19.0 Å². The third-order valence-corrected chi connectivity index (χ3v) is 4.16. The van der Waals surface area contributed by atoms with Crippen molar-refractivity contribution in [3.8, 4) is 5.75 Å². The fourth-order valence-corrected chi connectivity index (χ4v) is 2.81. The summed E-state index contributed by atoms with van der Waals surface area (Å²) in [6.45, 7) is 2.85. The number of aryl methyl sites for hydroxylation is 1. The molecule has 0 aromatic heterocycles. The van der Waals surface area contributed by atoms with E-state index in [9.17, 15) is 9.90 Å². The van der Waals surface area contributed by atoms with E-state index in [4.69, 9.17) is 4.74 Å². The second kappa shape index (κ2) is 7.32. The molecule has 1 aliphatic heterocycles. The molecule has 0 bridgehead atoms. The average molecular weight is 323 g/mol. The summed E-state index contributed by atoms with van der Waals surface area (Å²) in [6, 6.07) is 13.5. The zero-order valence-corrected chi connectivity index (χ0v) is 13.7. The Morgan fingerprint density at radius 3 is 3.00 bits per heavy atom. The number of nitrogens with one attached hydrogen (secondary N) is 1. The van der Waals surface area contributed by atoms with Crippen LogP contribution in [0.15, 0.2) is 48.5 Å².